The van der Waals surface area contributed by atoms with Crippen LogP contribution >= 0.6 is 0 Å². The molecule has 1 saturated carbocycles. The molecule has 126 valence electrons. The van der Waals surface area contributed by atoms with Gasteiger partial charge in [-0.05, 0) is 63.6 Å². The van der Waals surface area contributed by atoms with Crippen LogP contribution in [0.5, 0.6) is 0 Å². The summed E-state index contributed by atoms with van der Waals surface area (Å²) in [6, 6.07) is 0.627. The Labute approximate surface area is 134 Å². The van der Waals surface area contributed by atoms with Gasteiger partial charge in [0.25, 0.3) is 0 Å². The van der Waals surface area contributed by atoms with Gasteiger partial charge in [0.05, 0.1) is 0 Å². The van der Waals surface area contributed by atoms with Crippen molar-refractivity contribution >= 4 is 0 Å². The molecule has 2 heteroatoms. The van der Waals surface area contributed by atoms with Gasteiger partial charge in [0, 0.05) is 11.6 Å². The first-order chi connectivity index (χ1) is 10.00. The molecular formula is C19H40N2. The van der Waals surface area contributed by atoms with Crippen LogP contribution in [0.2, 0.25) is 0 Å². The number of likely N-dealkylation sites (N-methyl/N-ethyl adjacent to an activating group) is 2. The van der Waals surface area contributed by atoms with Gasteiger partial charge >= 0.3 is 0 Å². The van der Waals surface area contributed by atoms with E-state index in [0.29, 0.717) is 11.6 Å². The van der Waals surface area contributed by atoms with Crippen LogP contribution in [-0.4, -0.2) is 36.6 Å². The molecule has 1 aliphatic rings. The SMILES string of the molecule is CCN(CC)C(CC)(CC)C(NC)C1CCC(C)C(C)C1. The molecule has 0 aromatic rings. The standard InChI is InChI=1S/C19H40N2/c1-8-19(9-2,21(10-3)11-4)18(20-7)17-13-12-15(5)16(6)14-17/h15-18,20H,8-14H2,1-7H3. The lowest BCUT2D eigenvalue weighted by Gasteiger charge is -2.52. The molecule has 0 heterocycles. The van der Waals surface area contributed by atoms with Crippen LogP contribution < -0.4 is 5.32 Å². The minimum atomic E-state index is 0.323. The van der Waals surface area contributed by atoms with E-state index in [4.69, 9.17) is 0 Å². The summed E-state index contributed by atoms with van der Waals surface area (Å²) in [5, 5.41) is 3.76. The van der Waals surface area contributed by atoms with E-state index >= 15 is 0 Å². The van der Waals surface area contributed by atoms with Crippen molar-refractivity contribution in [1.82, 2.24) is 10.2 Å². The van der Waals surface area contributed by atoms with E-state index in [9.17, 15) is 0 Å². The summed E-state index contributed by atoms with van der Waals surface area (Å²) in [6.45, 7) is 16.6. The molecule has 0 radical (unpaired) electrons. The molecule has 0 saturated heterocycles. The molecule has 4 atom stereocenters. The molecule has 21 heavy (non-hydrogen) atoms. The summed E-state index contributed by atoms with van der Waals surface area (Å²) in [5.74, 6) is 2.62. The highest BCUT2D eigenvalue weighted by atomic mass is 15.2. The van der Waals surface area contributed by atoms with Crippen molar-refractivity contribution < 1.29 is 0 Å². The van der Waals surface area contributed by atoms with Gasteiger partial charge in [-0.3, -0.25) is 4.90 Å². The van der Waals surface area contributed by atoms with Crippen molar-refractivity contribution in [2.75, 3.05) is 20.1 Å². The van der Waals surface area contributed by atoms with Crippen LogP contribution in [0.25, 0.3) is 0 Å². The lowest BCUT2D eigenvalue weighted by molar-refractivity contribution is 0.0119. The van der Waals surface area contributed by atoms with Crippen molar-refractivity contribution in [3.63, 3.8) is 0 Å². The molecule has 4 unspecified atom stereocenters. The van der Waals surface area contributed by atoms with E-state index in [0.717, 1.165) is 30.8 Å². The number of rotatable bonds is 8. The first-order valence-electron chi connectivity index (χ1n) is 9.42. The lowest BCUT2D eigenvalue weighted by atomic mass is 9.67. The molecule has 0 amide bonds. The molecule has 0 aliphatic heterocycles. The van der Waals surface area contributed by atoms with Crippen LogP contribution in [0.1, 0.15) is 73.6 Å². The van der Waals surface area contributed by atoms with Gasteiger partial charge in [0.15, 0.2) is 0 Å². The molecule has 1 aliphatic carbocycles. The largest absolute Gasteiger partial charge is 0.315 e. The van der Waals surface area contributed by atoms with Gasteiger partial charge in [-0.15, -0.1) is 0 Å². The highest BCUT2D eigenvalue weighted by Crippen LogP contribution is 2.41. The Morgan fingerprint density at radius 3 is 1.95 bits per heavy atom. The predicted molar refractivity (Wildman–Crippen MR) is 94.8 cm³/mol. The maximum absolute atomic E-state index is 3.76. The summed E-state index contributed by atoms with van der Waals surface area (Å²) in [4.78, 5) is 2.72. The third kappa shape index (κ3) is 3.82. The van der Waals surface area contributed by atoms with Crippen molar-refractivity contribution in [3.8, 4) is 0 Å². The average molecular weight is 297 g/mol. The maximum atomic E-state index is 3.76. The third-order valence-electron chi connectivity index (χ3n) is 6.62. The molecule has 0 bridgehead atoms. The van der Waals surface area contributed by atoms with Gasteiger partial charge in [-0.1, -0.05) is 48.0 Å². The topological polar surface area (TPSA) is 15.3 Å². The van der Waals surface area contributed by atoms with Crippen LogP contribution in [0.4, 0.5) is 0 Å². The molecule has 2 nitrogen and oxygen atoms in total. The fraction of sp³-hybridized carbons (Fsp3) is 1.00. The van der Waals surface area contributed by atoms with Gasteiger partial charge < -0.3 is 5.32 Å². The molecule has 1 rings (SSSR count). The van der Waals surface area contributed by atoms with Crippen molar-refractivity contribution in [2.24, 2.45) is 17.8 Å². The highest BCUT2D eigenvalue weighted by molar-refractivity contribution is 5.02. The molecule has 0 spiro atoms. The molecule has 0 aromatic heterocycles. The van der Waals surface area contributed by atoms with Crippen LogP contribution in [0, 0.1) is 17.8 Å². The van der Waals surface area contributed by atoms with E-state index in [2.05, 4.69) is 58.8 Å². The highest BCUT2D eigenvalue weighted by Gasteiger charge is 2.44. The predicted octanol–water partition coefficient (Wildman–Crippen LogP) is 4.55. The van der Waals surface area contributed by atoms with Gasteiger partial charge in [0.2, 0.25) is 0 Å². The Morgan fingerprint density at radius 2 is 1.57 bits per heavy atom. The third-order valence-corrected chi connectivity index (χ3v) is 6.62. The number of nitrogens with zero attached hydrogens (tertiary/aromatic N) is 1. The Hall–Kier alpha value is -0.0800. The summed E-state index contributed by atoms with van der Waals surface area (Å²) in [6.07, 6.45) is 6.70. The summed E-state index contributed by atoms with van der Waals surface area (Å²) >= 11 is 0. The van der Waals surface area contributed by atoms with E-state index in [-0.39, 0.29) is 0 Å². The van der Waals surface area contributed by atoms with E-state index in [1.165, 1.54) is 32.1 Å². The second-order valence-electron chi connectivity index (χ2n) is 7.28. The second kappa shape index (κ2) is 8.53. The fourth-order valence-electron chi connectivity index (χ4n) is 5.02. The van der Waals surface area contributed by atoms with Crippen LogP contribution in [0.15, 0.2) is 0 Å². The smallest absolute Gasteiger partial charge is 0.0359 e. The number of hydrogen-bond donors (Lipinski definition) is 1. The van der Waals surface area contributed by atoms with Gasteiger partial charge in [0.1, 0.15) is 0 Å². The Kier molecular flexibility index (Phi) is 7.70. The van der Waals surface area contributed by atoms with Crippen LogP contribution in [0.3, 0.4) is 0 Å². The summed E-state index contributed by atoms with van der Waals surface area (Å²) in [7, 11) is 2.19. The second-order valence-corrected chi connectivity index (χ2v) is 7.28. The first kappa shape index (κ1) is 19.0. The zero-order chi connectivity index (χ0) is 16.0. The number of hydrogen-bond acceptors (Lipinski definition) is 2. The monoisotopic (exact) mass is 296 g/mol. The van der Waals surface area contributed by atoms with Crippen LogP contribution in [-0.2, 0) is 0 Å². The first-order valence-corrected chi connectivity index (χ1v) is 9.42. The Morgan fingerprint density at radius 1 is 1.00 bits per heavy atom. The minimum absolute atomic E-state index is 0.323. The van der Waals surface area contributed by atoms with E-state index in [1.807, 2.05) is 0 Å². The number of nitrogens with one attached hydrogen (secondary N) is 1. The molecule has 1 fully saturated rings. The normalized spacial score (nSPS) is 28.9. The minimum Gasteiger partial charge on any atom is -0.315 e. The molecule has 1 N–H and O–H groups in total. The molecule has 0 aromatic carbocycles. The summed E-state index contributed by atoms with van der Waals surface area (Å²) in [5.41, 5.74) is 0.323. The average Bonchev–Trinajstić information content (AvgIpc) is 2.50. The van der Waals surface area contributed by atoms with Crippen molar-refractivity contribution in [2.45, 2.75) is 85.2 Å². The zero-order valence-corrected chi connectivity index (χ0v) is 15.7. The van der Waals surface area contributed by atoms with Gasteiger partial charge in [-0.25, -0.2) is 0 Å². The fourth-order valence-corrected chi connectivity index (χ4v) is 5.02. The lowest BCUT2D eigenvalue weighted by Crippen LogP contribution is -2.63. The zero-order valence-electron chi connectivity index (χ0n) is 15.7. The quantitative estimate of drug-likeness (QED) is 0.707. The molecular weight excluding hydrogens is 256 g/mol. The van der Waals surface area contributed by atoms with E-state index < -0.39 is 0 Å². The van der Waals surface area contributed by atoms with Gasteiger partial charge in [-0.2, -0.15) is 0 Å². The van der Waals surface area contributed by atoms with E-state index in [1.54, 1.807) is 0 Å². The summed E-state index contributed by atoms with van der Waals surface area (Å²) < 4.78 is 0. The van der Waals surface area contributed by atoms with Crippen molar-refractivity contribution in [1.29, 1.82) is 0 Å². The maximum Gasteiger partial charge on any atom is 0.0359 e. The Bertz CT molecular complexity index is 281. The van der Waals surface area contributed by atoms with Crippen molar-refractivity contribution in [3.05, 3.63) is 0 Å². The Balaban J connectivity index is 3.02.